The van der Waals surface area contributed by atoms with Gasteiger partial charge in [0.25, 0.3) is 0 Å². The summed E-state index contributed by atoms with van der Waals surface area (Å²) < 4.78 is 32.1. The van der Waals surface area contributed by atoms with Crippen molar-refractivity contribution in [2.24, 2.45) is 0 Å². The fourth-order valence-corrected chi connectivity index (χ4v) is 6.07. The monoisotopic (exact) mass is 393 g/mol. The summed E-state index contributed by atoms with van der Waals surface area (Å²) in [5.41, 5.74) is 0.230. The van der Waals surface area contributed by atoms with E-state index in [0.717, 1.165) is 23.2 Å². The molecule has 1 aromatic carbocycles. The van der Waals surface area contributed by atoms with Gasteiger partial charge in [-0.15, -0.1) is 0 Å². The van der Waals surface area contributed by atoms with Crippen LogP contribution in [0.15, 0.2) is 24.3 Å². The number of hydrogen-bond donors (Lipinski definition) is 1. The number of nitrogens with one attached hydrogen (secondary N) is 1. The molecule has 0 amide bonds. The van der Waals surface area contributed by atoms with Gasteiger partial charge in [0.1, 0.15) is 23.0 Å². The van der Waals surface area contributed by atoms with Crippen molar-refractivity contribution in [3.05, 3.63) is 29.8 Å². The van der Waals surface area contributed by atoms with Crippen LogP contribution in [0.5, 0.6) is 5.75 Å². The van der Waals surface area contributed by atoms with Gasteiger partial charge in [0.05, 0.1) is 12.7 Å². The molecule has 0 fully saturated rings. The zero-order chi connectivity index (χ0) is 18.2. The van der Waals surface area contributed by atoms with Crippen molar-refractivity contribution in [3.8, 4) is 5.75 Å². The van der Waals surface area contributed by atoms with Gasteiger partial charge in [0.2, 0.25) is 0 Å². The largest absolute Gasteiger partial charge is 0.459 e. The molecule has 0 saturated carbocycles. The average molecular weight is 393 g/mol. The highest BCUT2D eigenvalue weighted by atomic mass is 33.1. The Morgan fingerprint density at radius 2 is 1.92 bits per heavy atom. The number of rotatable bonds is 10. The lowest BCUT2D eigenvalue weighted by molar-refractivity contribution is 0.0376. The van der Waals surface area contributed by atoms with Crippen LogP contribution in [0.25, 0.3) is 0 Å². The van der Waals surface area contributed by atoms with Gasteiger partial charge in [0.15, 0.2) is 0 Å². The Labute approximate surface area is 151 Å². The third-order valence-corrected chi connectivity index (χ3v) is 7.58. The van der Waals surface area contributed by atoms with E-state index < -0.39 is 11.7 Å². The minimum Gasteiger partial charge on any atom is -0.459 e. The Morgan fingerprint density at radius 1 is 1.25 bits per heavy atom. The minimum atomic E-state index is -3.32. The van der Waals surface area contributed by atoms with Crippen LogP contribution < -0.4 is 9.25 Å². The second-order valence-corrected chi connectivity index (χ2v) is 11.8. The summed E-state index contributed by atoms with van der Waals surface area (Å²) in [4.78, 5) is 12.2. The van der Waals surface area contributed by atoms with Crippen molar-refractivity contribution in [2.75, 3.05) is 6.61 Å². The summed E-state index contributed by atoms with van der Waals surface area (Å²) in [6.07, 6.45) is -0.257. The lowest BCUT2D eigenvalue weighted by atomic mass is 10.2. The van der Waals surface area contributed by atoms with Crippen molar-refractivity contribution < 1.29 is 22.8 Å². The highest BCUT2D eigenvalue weighted by Gasteiger charge is 2.31. The number of hydrogen-bond acceptors (Lipinski definition) is 8. The molecule has 1 unspecified atom stereocenters. The topological polar surface area (TPSA) is 73.9 Å². The van der Waals surface area contributed by atoms with Crippen LogP contribution in [0, 0.1) is 0 Å². The minimum absolute atomic E-state index is 0.107. The number of carbonyl (C=O) groups is 1. The molecule has 9 heteroatoms. The summed E-state index contributed by atoms with van der Waals surface area (Å²) in [7, 11) is 0. The first-order valence-electron chi connectivity index (χ1n) is 7.62. The van der Waals surface area contributed by atoms with Gasteiger partial charge in [-0.05, 0) is 46.8 Å². The molecule has 1 N–H and O–H groups in total. The highest BCUT2D eigenvalue weighted by molar-refractivity contribution is 8.87. The molecule has 0 bridgehead atoms. The first-order valence-corrected chi connectivity index (χ1v) is 12.0. The highest BCUT2D eigenvalue weighted by Crippen LogP contribution is 2.68. The summed E-state index contributed by atoms with van der Waals surface area (Å²) in [6.45, 7) is 9.57. The molecule has 0 aromatic heterocycles. The van der Waals surface area contributed by atoms with E-state index in [1.165, 1.54) is 0 Å². The predicted molar refractivity (Wildman–Crippen MR) is 100 cm³/mol. The van der Waals surface area contributed by atoms with Crippen LogP contribution in [0.4, 0.5) is 0 Å². The van der Waals surface area contributed by atoms with Gasteiger partial charge in [0, 0.05) is 17.6 Å². The maximum atomic E-state index is 13.0. The van der Waals surface area contributed by atoms with E-state index in [-0.39, 0.29) is 23.5 Å². The summed E-state index contributed by atoms with van der Waals surface area (Å²) in [5.74, 6) is -3.63. The molecular weight excluding hydrogens is 369 g/mol. The molecule has 0 aliphatic heterocycles. The molecule has 1 aromatic rings. The fraction of sp³-hybridized carbons (Fsp3) is 0.533. The SMILES string of the molecule is CCOSP(=O)(Oc1ccccc1C(=O)OC(C)C)SNC(C)C. The van der Waals surface area contributed by atoms with E-state index in [9.17, 15) is 9.36 Å². The standard InChI is InChI=1S/C15H24NO5PS2/c1-6-19-24-22(18,23-16-11(2)3)21-14-10-8-7-9-13(14)15(17)20-12(4)5/h7-12,16H,6H2,1-5H3. The van der Waals surface area contributed by atoms with Crippen LogP contribution in [-0.2, 0) is 13.5 Å². The van der Waals surface area contributed by atoms with Crippen molar-refractivity contribution in [2.45, 2.75) is 46.8 Å². The lowest BCUT2D eigenvalue weighted by Crippen LogP contribution is -2.15. The van der Waals surface area contributed by atoms with Crippen LogP contribution in [0.2, 0.25) is 0 Å². The van der Waals surface area contributed by atoms with E-state index in [2.05, 4.69) is 4.72 Å². The maximum Gasteiger partial charge on any atom is 0.400 e. The summed E-state index contributed by atoms with van der Waals surface area (Å²) in [5, 5.41) is 0. The molecule has 0 aliphatic carbocycles. The van der Waals surface area contributed by atoms with Crippen molar-refractivity contribution >= 4 is 35.0 Å². The quantitative estimate of drug-likeness (QED) is 0.256. The number of benzene rings is 1. The van der Waals surface area contributed by atoms with E-state index in [0.29, 0.717) is 6.61 Å². The Hall–Kier alpha value is -0.660. The van der Waals surface area contributed by atoms with Gasteiger partial charge < -0.3 is 13.4 Å². The molecule has 0 aliphatic rings. The maximum absolute atomic E-state index is 13.0. The molecule has 1 atom stereocenters. The van der Waals surface area contributed by atoms with Crippen LogP contribution >= 0.6 is 29.0 Å². The zero-order valence-electron chi connectivity index (χ0n) is 14.5. The number of para-hydroxylation sites is 1. The number of esters is 1. The van der Waals surface area contributed by atoms with Crippen molar-refractivity contribution in [1.29, 1.82) is 0 Å². The Bertz CT molecular complexity index is 583. The van der Waals surface area contributed by atoms with E-state index in [1.807, 2.05) is 13.8 Å². The second kappa shape index (κ2) is 10.4. The lowest BCUT2D eigenvalue weighted by Gasteiger charge is -2.20. The Balaban J connectivity index is 3.00. The summed E-state index contributed by atoms with van der Waals surface area (Å²) >= 11 is 1.75. The van der Waals surface area contributed by atoms with Gasteiger partial charge in [-0.3, -0.25) is 9.29 Å². The first-order chi connectivity index (χ1) is 11.3. The van der Waals surface area contributed by atoms with Gasteiger partial charge >= 0.3 is 11.7 Å². The predicted octanol–water partition coefficient (Wildman–Crippen LogP) is 5.07. The first kappa shape index (κ1) is 21.4. The molecule has 136 valence electrons. The fourth-order valence-electron chi connectivity index (χ4n) is 1.45. The Morgan fingerprint density at radius 3 is 2.50 bits per heavy atom. The molecule has 0 heterocycles. The van der Waals surface area contributed by atoms with E-state index in [4.69, 9.17) is 13.4 Å². The van der Waals surface area contributed by atoms with Gasteiger partial charge in [-0.1, -0.05) is 12.1 Å². The molecule has 0 spiro atoms. The van der Waals surface area contributed by atoms with E-state index in [1.54, 1.807) is 45.0 Å². The molecule has 0 radical (unpaired) electrons. The molecule has 1 rings (SSSR count). The molecule has 6 nitrogen and oxygen atoms in total. The van der Waals surface area contributed by atoms with Crippen LogP contribution in [0.3, 0.4) is 0 Å². The third kappa shape index (κ3) is 7.49. The Kier molecular flexibility index (Phi) is 9.23. The van der Waals surface area contributed by atoms with Crippen LogP contribution in [0.1, 0.15) is 45.0 Å². The normalized spacial score (nSPS) is 13.8. The van der Waals surface area contributed by atoms with E-state index >= 15 is 0 Å². The smallest absolute Gasteiger partial charge is 0.400 e. The van der Waals surface area contributed by atoms with Crippen molar-refractivity contribution in [1.82, 2.24) is 4.72 Å². The van der Waals surface area contributed by atoms with Crippen LogP contribution in [-0.4, -0.2) is 24.7 Å². The van der Waals surface area contributed by atoms with Crippen molar-refractivity contribution in [3.63, 3.8) is 0 Å². The summed E-state index contributed by atoms with van der Waals surface area (Å²) in [6, 6.07) is 6.68. The number of carbonyl (C=O) groups excluding carboxylic acids is 1. The zero-order valence-corrected chi connectivity index (χ0v) is 17.0. The van der Waals surface area contributed by atoms with Gasteiger partial charge in [-0.2, -0.15) is 0 Å². The van der Waals surface area contributed by atoms with Gasteiger partial charge in [-0.25, -0.2) is 4.79 Å². The molecule has 24 heavy (non-hydrogen) atoms. The molecule has 0 saturated heterocycles. The average Bonchev–Trinajstić information content (AvgIpc) is 2.51. The molecular formula is C15H24NO5PS2. The number of ether oxygens (including phenoxy) is 1. The second-order valence-electron chi connectivity index (χ2n) is 5.33. The third-order valence-electron chi connectivity index (χ3n) is 2.32.